The smallest absolute Gasteiger partial charge is 0.145 e. The van der Waals surface area contributed by atoms with Crippen LogP contribution in [0.3, 0.4) is 0 Å². The summed E-state index contributed by atoms with van der Waals surface area (Å²) in [7, 11) is 0. The first-order valence-electron chi connectivity index (χ1n) is 12.0. The van der Waals surface area contributed by atoms with Crippen LogP contribution in [-0.2, 0) is 16.7 Å². The van der Waals surface area contributed by atoms with Crippen LogP contribution in [0.5, 0.6) is 0 Å². The molecule has 0 atom stereocenters. The zero-order valence-corrected chi connectivity index (χ0v) is 21.1. The Hall–Kier alpha value is -3.06. The van der Waals surface area contributed by atoms with E-state index in [0.717, 1.165) is 65.8 Å². The van der Waals surface area contributed by atoms with Crippen molar-refractivity contribution in [3.63, 3.8) is 0 Å². The van der Waals surface area contributed by atoms with Crippen LogP contribution in [0, 0.1) is 0 Å². The number of nitrogens with one attached hydrogen (secondary N) is 1. The first kappa shape index (κ1) is 23.7. The highest BCUT2D eigenvalue weighted by molar-refractivity contribution is 6.33. The Morgan fingerprint density at radius 1 is 1.00 bits per heavy atom. The van der Waals surface area contributed by atoms with Crippen LogP contribution < -0.4 is 5.32 Å². The van der Waals surface area contributed by atoms with E-state index in [2.05, 4.69) is 60.2 Å². The van der Waals surface area contributed by atoms with E-state index in [0.29, 0.717) is 11.6 Å². The molecule has 0 radical (unpaired) electrons. The SMILES string of the molecule is CC(C)(C)c1ccc(Nc2nc(CN3CCOCC3)nc3cc(-c4ncccc4Cl)ccc23)cc1. The van der Waals surface area contributed by atoms with Crippen LogP contribution in [0.25, 0.3) is 22.2 Å². The third-order valence-electron chi connectivity index (χ3n) is 6.26. The van der Waals surface area contributed by atoms with Gasteiger partial charge in [-0.1, -0.05) is 50.6 Å². The third kappa shape index (κ3) is 5.45. The molecule has 2 aromatic carbocycles. The summed E-state index contributed by atoms with van der Waals surface area (Å²) < 4.78 is 5.51. The Kier molecular flexibility index (Phi) is 6.69. The molecule has 1 aliphatic rings. The minimum atomic E-state index is 0.106. The molecular formula is C28H30ClN5O. The number of fused-ring (bicyclic) bond motifs is 1. The van der Waals surface area contributed by atoms with Gasteiger partial charge in [0.1, 0.15) is 11.6 Å². The monoisotopic (exact) mass is 487 g/mol. The fourth-order valence-corrected chi connectivity index (χ4v) is 4.47. The molecule has 6 nitrogen and oxygen atoms in total. The Morgan fingerprint density at radius 3 is 2.49 bits per heavy atom. The molecule has 35 heavy (non-hydrogen) atoms. The average molecular weight is 488 g/mol. The molecule has 1 aliphatic heterocycles. The van der Waals surface area contributed by atoms with Gasteiger partial charge in [0.15, 0.2) is 0 Å². The van der Waals surface area contributed by atoms with Gasteiger partial charge in [0.25, 0.3) is 0 Å². The van der Waals surface area contributed by atoms with E-state index < -0.39 is 0 Å². The second-order valence-electron chi connectivity index (χ2n) is 9.90. The number of rotatable bonds is 5. The summed E-state index contributed by atoms with van der Waals surface area (Å²) in [6, 6.07) is 18.4. The largest absolute Gasteiger partial charge is 0.379 e. The molecule has 5 rings (SSSR count). The zero-order chi connectivity index (χ0) is 24.4. The van der Waals surface area contributed by atoms with Crippen molar-refractivity contribution in [2.24, 2.45) is 0 Å². The van der Waals surface area contributed by atoms with Crippen molar-refractivity contribution < 1.29 is 4.74 Å². The van der Waals surface area contributed by atoms with Gasteiger partial charge in [-0.05, 0) is 47.4 Å². The van der Waals surface area contributed by atoms with Crippen molar-refractivity contribution in [1.82, 2.24) is 19.9 Å². The lowest BCUT2D eigenvalue weighted by atomic mass is 9.87. The van der Waals surface area contributed by atoms with Crippen molar-refractivity contribution in [1.29, 1.82) is 0 Å². The second kappa shape index (κ2) is 9.90. The number of ether oxygens (including phenoxy) is 1. The molecule has 0 bridgehead atoms. The van der Waals surface area contributed by atoms with E-state index in [1.54, 1.807) is 6.20 Å². The minimum absolute atomic E-state index is 0.106. The maximum Gasteiger partial charge on any atom is 0.145 e. The number of hydrogen-bond acceptors (Lipinski definition) is 6. The predicted molar refractivity (Wildman–Crippen MR) is 142 cm³/mol. The number of anilines is 2. The predicted octanol–water partition coefficient (Wildman–Crippen LogP) is 6.22. The number of aromatic nitrogens is 3. The maximum absolute atomic E-state index is 6.43. The Balaban J connectivity index is 1.54. The van der Waals surface area contributed by atoms with Crippen molar-refractivity contribution in [2.75, 3.05) is 31.6 Å². The summed E-state index contributed by atoms with van der Waals surface area (Å²) >= 11 is 6.43. The van der Waals surface area contributed by atoms with Crippen LogP contribution in [0.2, 0.25) is 5.02 Å². The fourth-order valence-electron chi connectivity index (χ4n) is 4.24. The summed E-state index contributed by atoms with van der Waals surface area (Å²) in [5, 5.41) is 5.11. The summed E-state index contributed by atoms with van der Waals surface area (Å²) in [5.74, 6) is 1.57. The van der Waals surface area contributed by atoms with Crippen LogP contribution in [0.15, 0.2) is 60.8 Å². The molecule has 0 saturated carbocycles. The minimum Gasteiger partial charge on any atom is -0.379 e. The van der Waals surface area contributed by atoms with Crippen molar-refractivity contribution in [3.05, 3.63) is 77.2 Å². The number of pyridine rings is 1. The molecule has 180 valence electrons. The standard InChI is InChI=1S/C28H30ClN5O/c1-28(2,3)20-7-9-21(10-8-20)31-27-22-11-6-19(26-23(29)5-4-12-30-26)17-24(22)32-25(33-27)18-34-13-15-35-16-14-34/h4-12,17H,13-16,18H2,1-3H3,(H,31,32,33). The number of morpholine rings is 1. The fraction of sp³-hybridized carbons (Fsp3) is 0.321. The number of hydrogen-bond donors (Lipinski definition) is 1. The topological polar surface area (TPSA) is 63.2 Å². The molecular weight excluding hydrogens is 458 g/mol. The van der Waals surface area contributed by atoms with Crippen LogP contribution >= 0.6 is 11.6 Å². The summed E-state index contributed by atoms with van der Waals surface area (Å²) in [4.78, 5) is 16.7. The lowest BCUT2D eigenvalue weighted by Crippen LogP contribution is -2.36. The first-order chi connectivity index (χ1) is 16.9. The number of benzene rings is 2. The second-order valence-corrected chi connectivity index (χ2v) is 10.3. The zero-order valence-electron chi connectivity index (χ0n) is 20.4. The van der Waals surface area contributed by atoms with Gasteiger partial charge in [0, 0.05) is 35.9 Å². The summed E-state index contributed by atoms with van der Waals surface area (Å²) in [5.41, 5.74) is 4.93. The van der Waals surface area contributed by atoms with Gasteiger partial charge in [-0.25, -0.2) is 9.97 Å². The molecule has 1 N–H and O–H groups in total. The first-order valence-corrected chi connectivity index (χ1v) is 12.3. The normalized spacial score (nSPS) is 14.9. The van der Waals surface area contributed by atoms with E-state index >= 15 is 0 Å². The highest BCUT2D eigenvalue weighted by atomic mass is 35.5. The van der Waals surface area contributed by atoms with Crippen molar-refractivity contribution in [2.45, 2.75) is 32.7 Å². The molecule has 1 fully saturated rings. The van der Waals surface area contributed by atoms with E-state index in [4.69, 9.17) is 26.3 Å². The molecule has 0 spiro atoms. The number of halogens is 1. The van der Waals surface area contributed by atoms with Crippen molar-refractivity contribution in [3.8, 4) is 11.3 Å². The molecule has 0 unspecified atom stereocenters. The van der Waals surface area contributed by atoms with Gasteiger partial charge >= 0.3 is 0 Å². The van der Waals surface area contributed by atoms with Crippen molar-refractivity contribution >= 4 is 34.0 Å². The quantitative estimate of drug-likeness (QED) is 0.360. The Labute approximate surface area is 211 Å². The van der Waals surface area contributed by atoms with Gasteiger partial charge in [0.2, 0.25) is 0 Å². The molecule has 3 heterocycles. The van der Waals surface area contributed by atoms with Crippen LogP contribution in [0.1, 0.15) is 32.2 Å². The molecule has 2 aromatic heterocycles. The van der Waals surface area contributed by atoms with Gasteiger partial charge in [0.05, 0.1) is 36.0 Å². The molecule has 0 aliphatic carbocycles. The highest BCUT2D eigenvalue weighted by Crippen LogP contribution is 2.31. The highest BCUT2D eigenvalue weighted by Gasteiger charge is 2.17. The average Bonchev–Trinajstić information content (AvgIpc) is 2.84. The van der Waals surface area contributed by atoms with E-state index in [-0.39, 0.29) is 5.41 Å². The van der Waals surface area contributed by atoms with E-state index in [1.165, 1.54) is 5.56 Å². The lowest BCUT2D eigenvalue weighted by Gasteiger charge is -2.26. The molecule has 0 amide bonds. The molecule has 4 aromatic rings. The van der Waals surface area contributed by atoms with Gasteiger partial charge < -0.3 is 10.1 Å². The van der Waals surface area contributed by atoms with Crippen LogP contribution in [-0.4, -0.2) is 46.2 Å². The van der Waals surface area contributed by atoms with E-state index in [1.807, 2.05) is 30.3 Å². The Morgan fingerprint density at radius 2 is 1.77 bits per heavy atom. The lowest BCUT2D eigenvalue weighted by molar-refractivity contribution is 0.0331. The van der Waals surface area contributed by atoms with Gasteiger partial charge in [-0.15, -0.1) is 0 Å². The Bertz CT molecular complexity index is 1330. The molecule has 7 heteroatoms. The van der Waals surface area contributed by atoms with E-state index in [9.17, 15) is 0 Å². The van der Waals surface area contributed by atoms with Gasteiger partial charge in [-0.3, -0.25) is 9.88 Å². The number of nitrogens with zero attached hydrogens (tertiary/aromatic N) is 4. The summed E-state index contributed by atoms with van der Waals surface area (Å²) in [6.07, 6.45) is 1.75. The van der Waals surface area contributed by atoms with Gasteiger partial charge in [-0.2, -0.15) is 0 Å². The molecule has 1 saturated heterocycles. The van der Waals surface area contributed by atoms with Crippen LogP contribution in [0.4, 0.5) is 11.5 Å². The maximum atomic E-state index is 6.43. The third-order valence-corrected chi connectivity index (χ3v) is 6.56. The summed E-state index contributed by atoms with van der Waals surface area (Å²) in [6.45, 7) is 10.6.